The van der Waals surface area contributed by atoms with E-state index in [0.29, 0.717) is 6.54 Å². The SMILES string of the molecule is CCC(CC)NC(=O)Nc1ccc(CN)cc1. The molecule has 1 aromatic rings. The van der Waals surface area contributed by atoms with Gasteiger partial charge in [0.05, 0.1) is 0 Å². The van der Waals surface area contributed by atoms with Gasteiger partial charge in [0.25, 0.3) is 0 Å². The van der Waals surface area contributed by atoms with Crippen LogP contribution in [0.25, 0.3) is 0 Å². The summed E-state index contributed by atoms with van der Waals surface area (Å²) in [4.78, 5) is 11.6. The maximum absolute atomic E-state index is 11.6. The van der Waals surface area contributed by atoms with E-state index in [1.54, 1.807) is 0 Å². The van der Waals surface area contributed by atoms with Crippen LogP contribution in [0.1, 0.15) is 32.3 Å². The van der Waals surface area contributed by atoms with Gasteiger partial charge in [-0.25, -0.2) is 4.79 Å². The number of nitrogens with two attached hydrogens (primary N) is 1. The summed E-state index contributed by atoms with van der Waals surface area (Å²) < 4.78 is 0. The van der Waals surface area contributed by atoms with Gasteiger partial charge in [0.2, 0.25) is 0 Å². The maximum atomic E-state index is 11.6. The molecule has 0 spiro atoms. The number of urea groups is 1. The third kappa shape index (κ3) is 4.44. The van der Waals surface area contributed by atoms with E-state index < -0.39 is 0 Å². The Balaban J connectivity index is 2.49. The van der Waals surface area contributed by atoms with Crippen molar-refractivity contribution in [3.05, 3.63) is 29.8 Å². The zero-order valence-corrected chi connectivity index (χ0v) is 10.5. The number of carbonyl (C=O) groups is 1. The fourth-order valence-electron chi connectivity index (χ4n) is 1.57. The number of nitrogens with one attached hydrogen (secondary N) is 2. The van der Waals surface area contributed by atoms with Gasteiger partial charge in [-0.1, -0.05) is 26.0 Å². The van der Waals surface area contributed by atoms with Crippen LogP contribution in [0.3, 0.4) is 0 Å². The fraction of sp³-hybridized carbons (Fsp3) is 0.462. The Bertz CT molecular complexity index is 344. The molecule has 4 nitrogen and oxygen atoms in total. The number of amides is 2. The van der Waals surface area contributed by atoms with E-state index in [9.17, 15) is 4.79 Å². The van der Waals surface area contributed by atoms with Crippen LogP contribution in [0, 0.1) is 0 Å². The first-order valence-electron chi connectivity index (χ1n) is 6.06. The highest BCUT2D eigenvalue weighted by molar-refractivity contribution is 5.89. The minimum absolute atomic E-state index is 0.154. The topological polar surface area (TPSA) is 67.2 Å². The summed E-state index contributed by atoms with van der Waals surface area (Å²) in [6.07, 6.45) is 1.88. The van der Waals surface area contributed by atoms with Crippen molar-refractivity contribution in [2.75, 3.05) is 5.32 Å². The number of hydrogen-bond acceptors (Lipinski definition) is 2. The monoisotopic (exact) mass is 235 g/mol. The van der Waals surface area contributed by atoms with Crippen molar-refractivity contribution in [3.63, 3.8) is 0 Å². The molecule has 2 amide bonds. The fourth-order valence-corrected chi connectivity index (χ4v) is 1.57. The summed E-state index contributed by atoms with van der Waals surface area (Å²) in [5.74, 6) is 0. The second kappa shape index (κ2) is 6.91. The highest BCUT2D eigenvalue weighted by atomic mass is 16.2. The highest BCUT2D eigenvalue weighted by Gasteiger charge is 2.07. The molecule has 0 fully saturated rings. The molecule has 0 aromatic heterocycles. The van der Waals surface area contributed by atoms with E-state index in [1.165, 1.54) is 0 Å². The van der Waals surface area contributed by atoms with E-state index in [0.717, 1.165) is 24.1 Å². The van der Waals surface area contributed by atoms with Gasteiger partial charge in [0.1, 0.15) is 0 Å². The van der Waals surface area contributed by atoms with Crippen molar-refractivity contribution in [2.24, 2.45) is 5.73 Å². The van der Waals surface area contributed by atoms with Crippen LogP contribution in [0.15, 0.2) is 24.3 Å². The van der Waals surface area contributed by atoms with Crippen molar-refractivity contribution < 1.29 is 4.79 Å². The van der Waals surface area contributed by atoms with Crippen molar-refractivity contribution in [2.45, 2.75) is 39.3 Å². The summed E-state index contributed by atoms with van der Waals surface area (Å²) >= 11 is 0. The first-order chi connectivity index (χ1) is 8.19. The van der Waals surface area contributed by atoms with Crippen LogP contribution in [-0.2, 0) is 6.54 Å². The van der Waals surface area contributed by atoms with Crippen molar-refractivity contribution in [3.8, 4) is 0 Å². The standard InChI is InChI=1S/C13H21N3O/c1-3-11(4-2)15-13(17)16-12-7-5-10(9-14)6-8-12/h5-8,11H,3-4,9,14H2,1-2H3,(H2,15,16,17). The van der Waals surface area contributed by atoms with Crippen molar-refractivity contribution in [1.82, 2.24) is 5.32 Å². The van der Waals surface area contributed by atoms with Gasteiger partial charge in [-0.3, -0.25) is 0 Å². The molecule has 0 saturated heterocycles. The average Bonchev–Trinajstić information content (AvgIpc) is 2.37. The molecule has 0 aliphatic rings. The van der Waals surface area contributed by atoms with Crippen molar-refractivity contribution in [1.29, 1.82) is 0 Å². The van der Waals surface area contributed by atoms with Crippen LogP contribution < -0.4 is 16.4 Å². The predicted molar refractivity (Wildman–Crippen MR) is 70.9 cm³/mol. The Labute approximate surface area is 103 Å². The summed E-state index contributed by atoms with van der Waals surface area (Å²) in [7, 11) is 0. The van der Waals surface area contributed by atoms with E-state index >= 15 is 0 Å². The van der Waals surface area contributed by atoms with Crippen LogP contribution in [0.2, 0.25) is 0 Å². The van der Waals surface area contributed by atoms with Gasteiger partial charge >= 0.3 is 6.03 Å². The smallest absolute Gasteiger partial charge is 0.319 e. The van der Waals surface area contributed by atoms with Crippen LogP contribution in [-0.4, -0.2) is 12.1 Å². The molecule has 0 saturated carbocycles. The average molecular weight is 235 g/mol. The third-order valence-corrected chi connectivity index (χ3v) is 2.77. The molecule has 0 radical (unpaired) electrons. The quantitative estimate of drug-likeness (QED) is 0.734. The highest BCUT2D eigenvalue weighted by Crippen LogP contribution is 2.09. The third-order valence-electron chi connectivity index (χ3n) is 2.77. The lowest BCUT2D eigenvalue weighted by Crippen LogP contribution is -2.37. The Kier molecular flexibility index (Phi) is 5.49. The van der Waals surface area contributed by atoms with Gasteiger partial charge in [-0.2, -0.15) is 0 Å². The molecule has 0 aliphatic heterocycles. The number of hydrogen-bond donors (Lipinski definition) is 3. The molecule has 4 N–H and O–H groups in total. The Morgan fingerprint density at radius 1 is 1.24 bits per heavy atom. The Morgan fingerprint density at radius 3 is 2.29 bits per heavy atom. The summed E-state index contributed by atoms with van der Waals surface area (Å²) in [6, 6.07) is 7.61. The van der Waals surface area contributed by atoms with Crippen LogP contribution >= 0.6 is 0 Å². The molecular weight excluding hydrogens is 214 g/mol. The molecular formula is C13H21N3O. The minimum Gasteiger partial charge on any atom is -0.335 e. The number of rotatable bonds is 5. The normalized spacial score (nSPS) is 10.4. The molecule has 0 unspecified atom stereocenters. The second-order valence-electron chi connectivity index (χ2n) is 4.01. The summed E-state index contributed by atoms with van der Waals surface area (Å²) in [5.41, 5.74) is 7.34. The molecule has 17 heavy (non-hydrogen) atoms. The lowest BCUT2D eigenvalue weighted by Gasteiger charge is -2.15. The minimum atomic E-state index is -0.154. The molecule has 4 heteroatoms. The van der Waals surface area contributed by atoms with Crippen LogP contribution in [0.4, 0.5) is 10.5 Å². The number of carbonyl (C=O) groups excluding carboxylic acids is 1. The molecule has 0 heterocycles. The van der Waals surface area contributed by atoms with E-state index in [2.05, 4.69) is 24.5 Å². The zero-order valence-electron chi connectivity index (χ0n) is 10.5. The Morgan fingerprint density at radius 2 is 1.82 bits per heavy atom. The first kappa shape index (κ1) is 13.5. The van der Waals surface area contributed by atoms with Gasteiger partial charge in [-0.05, 0) is 30.5 Å². The molecule has 1 aromatic carbocycles. The van der Waals surface area contributed by atoms with Crippen molar-refractivity contribution >= 4 is 11.7 Å². The molecule has 94 valence electrons. The zero-order chi connectivity index (χ0) is 12.7. The summed E-state index contributed by atoms with van der Waals surface area (Å²) in [5, 5.41) is 5.72. The maximum Gasteiger partial charge on any atom is 0.319 e. The molecule has 0 aliphatic carbocycles. The van der Waals surface area contributed by atoms with Gasteiger partial charge < -0.3 is 16.4 Å². The van der Waals surface area contributed by atoms with Gasteiger partial charge in [0, 0.05) is 18.3 Å². The number of anilines is 1. The predicted octanol–water partition coefficient (Wildman–Crippen LogP) is 2.46. The lowest BCUT2D eigenvalue weighted by atomic mass is 10.2. The Hall–Kier alpha value is -1.55. The molecule has 0 bridgehead atoms. The second-order valence-corrected chi connectivity index (χ2v) is 4.01. The molecule has 0 atom stereocenters. The largest absolute Gasteiger partial charge is 0.335 e. The van der Waals surface area contributed by atoms with Crippen LogP contribution in [0.5, 0.6) is 0 Å². The van der Waals surface area contributed by atoms with Gasteiger partial charge in [-0.15, -0.1) is 0 Å². The van der Waals surface area contributed by atoms with E-state index in [1.807, 2.05) is 24.3 Å². The lowest BCUT2D eigenvalue weighted by molar-refractivity contribution is 0.247. The number of benzene rings is 1. The summed E-state index contributed by atoms with van der Waals surface area (Å²) in [6.45, 7) is 4.63. The van der Waals surface area contributed by atoms with E-state index in [-0.39, 0.29) is 12.1 Å². The van der Waals surface area contributed by atoms with E-state index in [4.69, 9.17) is 5.73 Å². The molecule has 1 rings (SSSR count). The first-order valence-corrected chi connectivity index (χ1v) is 6.06. The van der Waals surface area contributed by atoms with Gasteiger partial charge in [0.15, 0.2) is 0 Å².